The van der Waals surface area contributed by atoms with E-state index in [1.807, 2.05) is 11.5 Å². The van der Waals surface area contributed by atoms with Crippen LogP contribution in [0.5, 0.6) is 0 Å². The molecule has 4 nitrogen and oxygen atoms in total. The third-order valence-electron chi connectivity index (χ3n) is 5.04. The highest BCUT2D eigenvalue weighted by Crippen LogP contribution is 2.28. The Morgan fingerprint density at radius 3 is 2.36 bits per heavy atom. The summed E-state index contributed by atoms with van der Waals surface area (Å²) in [5.41, 5.74) is 0.497. The molecule has 0 bridgehead atoms. The Morgan fingerprint density at radius 1 is 1.00 bits per heavy atom. The Morgan fingerprint density at radius 2 is 1.73 bits per heavy atom. The zero-order chi connectivity index (χ0) is 15.7. The van der Waals surface area contributed by atoms with Gasteiger partial charge in [-0.15, -0.1) is 0 Å². The normalized spacial score (nSPS) is 22.9. The molecule has 0 aliphatic heterocycles. The highest BCUT2D eigenvalue weighted by Gasteiger charge is 2.25. The standard InChI is InChI=1S/C17H23BrN2O2/c1-12-15(18)16(21)20(14-10-6-3-7-11-14)17(22)19(12)13-8-4-2-5-9-13/h2,4,13-14H,3,5-11H2,1H3. The molecule has 120 valence electrons. The maximum absolute atomic E-state index is 13.0. The van der Waals surface area contributed by atoms with Gasteiger partial charge in [0.15, 0.2) is 0 Å². The van der Waals surface area contributed by atoms with Crippen molar-refractivity contribution in [2.75, 3.05) is 0 Å². The quantitative estimate of drug-likeness (QED) is 0.745. The predicted octanol–water partition coefficient (Wildman–Crippen LogP) is 3.87. The summed E-state index contributed by atoms with van der Waals surface area (Å²) in [7, 11) is 0. The summed E-state index contributed by atoms with van der Waals surface area (Å²) >= 11 is 3.44. The first-order valence-corrected chi connectivity index (χ1v) is 9.08. The lowest BCUT2D eigenvalue weighted by molar-refractivity contribution is 0.315. The summed E-state index contributed by atoms with van der Waals surface area (Å²) < 4.78 is 3.92. The lowest BCUT2D eigenvalue weighted by Gasteiger charge is -2.28. The first-order chi connectivity index (χ1) is 10.6. The second-order valence-electron chi connectivity index (χ2n) is 6.46. The fourth-order valence-corrected chi connectivity index (χ4v) is 4.20. The molecule has 0 N–H and O–H groups in total. The highest BCUT2D eigenvalue weighted by molar-refractivity contribution is 9.10. The third kappa shape index (κ3) is 2.75. The average Bonchev–Trinajstić information content (AvgIpc) is 2.55. The van der Waals surface area contributed by atoms with Gasteiger partial charge in [0.05, 0.1) is 0 Å². The van der Waals surface area contributed by atoms with Gasteiger partial charge in [0.25, 0.3) is 5.56 Å². The topological polar surface area (TPSA) is 44.0 Å². The van der Waals surface area contributed by atoms with Crippen molar-refractivity contribution in [3.05, 3.63) is 43.2 Å². The van der Waals surface area contributed by atoms with Gasteiger partial charge in [-0.25, -0.2) is 4.79 Å². The molecular weight excluding hydrogens is 344 g/mol. The summed E-state index contributed by atoms with van der Waals surface area (Å²) in [5, 5.41) is 0. The second kappa shape index (κ2) is 6.57. The zero-order valence-electron chi connectivity index (χ0n) is 13.1. The molecule has 2 aliphatic carbocycles. The number of allylic oxidation sites excluding steroid dienone is 2. The molecule has 0 spiro atoms. The Hall–Kier alpha value is -1.10. The molecule has 1 heterocycles. The van der Waals surface area contributed by atoms with E-state index in [4.69, 9.17) is 0 Å². The summed E-state index contributed by atoms with van der Waals surface area (Å²) in [6.07, 6.45) is 12.4. The largest absolute Gasteiger partial charge is 0.331 e. The molecule has 0 saturated heterocycles. The van der Waals surface area contributed by atoms with E-state index < -0.39 is 0 Å². The molecule has 0 radical (unpaired) electrons. The molecule has 1 aromatic heterocycles. The first kappa shape index (κ1) is 15.8. The smallest absolute Gasteiger partial charge is 0.293 e. The van der Waals surface area contributed by atoms with Crippen molar-refractivity contribution in [1.82, 2.24) is 9.13 Å². The summed E-state index contributed by atoms with van der Waals surface area (Å²) in [4.78, 5) is 25.7. The van der Waals surface area contributed by atoms with Crippen LogP contribution in [0.1, 0.15) is 69.1 Å². The Bertz CT molecular complexity index is 696. The van der Waals surface area contributed by atoms with Crippen LogP contribution in [0.2, 0.25) is 0 Å². The van der Waals surface area contributed by atoms with Gasteiger partial charge in [0.2, 0.25) is 0 Å². The van der Waals surface area contributed by atoms with E-state index in [1.165, 1.54) is 11.0 Å². The monoisotopic (exact) mass is 366 g/mol. The Labute approximate surface area is 139 Å². The van der Waals surface area contributed by atoms with E-state index >= 15 is 0 Å². The fourth-order valence-electron chi connectivity index (χ4n) is 3.82. The van der Waals surface area contributed by atoms with E-state index in [0.717, 1.165) is 50.6 Å². The first-order valence-electron chi connectivity index (χ1n) is 8.29. The van der Waals surface area contributed by atoms with Crippen molar-refractivity contribution < 1.29 is 0 Å². The minimum Gasteiger partial charge on any atom is -0.293 e. The van der Waals surface area contributed by atoms with Crippen LogP contribution in [0.4, 0.5) is 0 Å². The number of halogens is 1. The minimum atomic E-state index is -0.156. The van der Waals surface area contributed by atoms with Gasteiger partial charge in [0, 0.05) is 17.8 Å². The molecule has 1 aromatic rings. The maximum atomic E-state index is 13.0. The van der Waals surface area contributed by atoms with Crippen LogP contribution in [0.15, 0.2) is 26.2 Å². The Kier molecular flexibility index (Phi) is 4.71. The van der Waals surface area contributed by atoms with Gasteiger partial charge in [-0.05, 0) is 55.0 Å². The molecule has 3 rings (SSSR count). The number of hydrogen-bond donors (Lipinski definition) is 0. The minimum absolute atomic E-state index is 0.0658. The van der Waals surface area contributed by atoms with E-state index in [-0.39, 0.29) is 23.3 Å². The molecule has 0 amide bonds. The lowest BCUT2D eigenvalue weighted by Crippen LogP contribution is -2.45. The third-order valence-corrected chi connectivity index (χ3v) is 5.96. The zero-order valence-corrected chi connectivity index (χ0v) is 14.6. The molecular formula is C17H23BrN2O2. The number of nitrogens with zero attached hydrogens (tertiary/aromatic N) is 2. The Balaban J connectivity index is 2.14. The maximum Gasteiger partial charge on any atom is 0.331 e. The number of rotatable bonds is 2. The molecule has 1 unspecified atom stereocenters. The van der Waals surface area contributed by atoms with Crippen molar-refractivity contribution in [3.8, 4) is 0 Å². The van der Waals surface area contributed by atoms with Crippen LogP contribution < -0.4 is 11.2 Å². The van der Waals surface area contributed by atoms with E-state index in [0.29, 0.717) is 4.47 Å². The average molecular weight is 367 g/mol. The van der Waals surface area contributed by atoms with Crippen LogP contribution in [0, 0.1) is 6.92 Å². The van der Waals surface area contributed by atoms with Crippen molar-refractivity contribution in [2.45, 2.75) is 70.4 Å². The van der Waals surface area contributed by atoms with Gasteiger partial charge >= 0.3 is 5.69 Å². The van der Waals surface area contributed by atoms with Gasteiger partial charge in [-0.2, -0.15) is 0 Å². The molecule has 1 fully saturated rings. The number of aromatic nitrogens is 2. The van der Waals surface area contributed by atoms with E-state index in [9.17, 15) is 9.59 Å². The van der Waals surface area contributed by atoms with Crippen LogP contribution in [-0.2, 0) is 0 Å². The molecule has 22 heavy (non-hydrogen) atoms. The van der Waals surface area contributed by atoms with Gasteiger partial charge in [0.1, 0.15) is 4.47 Å². The van der Waals surface area contributed by atoms with Crippen molar-refractivity contribution >= 4 is 15.9 Å². The van der Waals surface area contributed by atoms with Gasteiger partial charge < -0.3 is 0 Å². The van der Waals surface area contributed by atoms with Crippen molar-refractivity contribution in [3.63, 3.8) is 0 Å². The predicted molar refractivity (Wildman–Crippen MR) is 91.5 cm³/mol. The van der Waals surface area contributed by atoms with Crippen LogP contribution in [0.25, 0.3) is 0 Å². The van der Waals surface area contributed by atoms with Gasteiger partial charge in [-0.1, -0.05) is 31.4 Å². The molecule has 0 aromatic carbocycles. The fraction of sp³-hybridized carbons (Fsp3) is 0.647. The molecule has 1 atom stereocenters. The summed E-state index contributed by atoms with van der Waals surface area (Å²) in [6, 6.07) is 0.236. The SMILES string of the molecule is Cc1c(Br)c(=O)n(C2CCCCC2)c(=O)n1C1CC=CCC1. The summed E-state index contributed by atoms with van der Waals surface area (Å²) in [5.74, 6) is 0. The molecule has 2 aliphatic rings. The van der Waals surface area contributed by atoms with Crippen molar-refractivity contribution in [1.29, 1.82) is 0 Å². The van der Waals surface area contributed by atoms with Crippen LogP contribution >= 0.6 is 15.9 Å². The number of hydrogen-bond acceptors (Lipinski definition) is 2. The second-order valence-corrected chi connectivity index (χ2v) is 7.25. The van der Waals surface area contributed by atoms with Crippen LogP contribution in [-0.4, -0.2) is 9.13 Å². The highest BCUT2D eigenvalue weighted by atomic mass is 79.9. The van der Waals surface area contributed by atoms with Crippen LogP contribution in [0.3, 0.4) is 0 Å². The molecule has 5 heteroatoms. The lowest BCUT2D eigenvalue weighted by atomic mass is 9.95. The summed E-state index contributed by atoms with van der Waals surface area (Å²) in [6.45, 7) is 1.87. The molecule has 1 saturated carbocycles. The van der Waals surface area contributed by atoms with Crippen molar-refractivity contribution in [2.24, 2.45) is 0 Å². The van der Waals surface area contributed by atoms with E-state index in [1.54, 1.807) is 0 Å². The van der Waals surface area contributed by atoms with E-state index in [2.05, 4.69) is 28.1 Å². The van der Waals surface area contributed by atoms with Gasteiger partial charge in [-0.3, -0.25) is 13.9 Å².